The van der Waals surface area contributed by atoms with Crippen molar-refractivity contribution in [2.24, 2.45) is 0 Å². The Morgan fingerprint density at radius 3 is 2.94 bits per heavy atom. The monoisotopic (exact) mass is 289 g/mol. The largest absolute Gasteiger partial charge is 0.313 e. The lowest BCUT2D eigenvalue weighted by Gasteiger charge is -2.10. The van der Waals surface area contributed by atoms with Crippen molar-refractivity contribution in [1.82, 2.24) is 10.3 Å². The topological polar surface area (TPSA) is 71.1 Å². The zero-order valence-electron chi connectivity index (χ0n) is 10.6. The lowest BCUT2D eigenvalue weighted by molar-refractivity contribution is 0.581. The van der Waals surface area contributed by atoms with Gasteiger partial charge >= 0.3 is 0 Å². The molecule has 1 unspecified atom stereocenters. The highest BCUT2D eigenvalue weighted by Crippen LogP contribution is 2.22. The molecule has 1 aliphatic rings. The lowest BCUT2D eigenvalue weighted by atomic mass is 10.2. The van der Waals surface area contributed by atoms with E-state index in [-0.39, 0.29) is 11.8 Å². The van der Waals surface area contributed by atoms with Crippen LogP contribution in [0.5, 0.6) is 0 Å². The molecule has 0 amide bonds. The molecule has 1 saturated heterocycles. The van der Waals surface area contributed by atoms with Crippen LogP contribution in [-0.4, -0.2) is 31.7 Å². The number of hydrogen-bond donors (Lipinski definition) is 2. The molecule has 1 atom stereocenters. The first-order valence-corrected chi connectivity index (χ1v) is 8.69. The molecular formula is C11H19N3O2S2. The number of aromatic nitrogens is 1. The van der Waals surface area contributed by atoms with Crippen molar-refractivity contribution < 1.29 is 8.42 Å². The number of hydrogen-bond acceptors (Lipinski definition) is 5. The van der Waals surface area contributed by atoms with Crippen molar-refractivity contribution in [2.45, 2.75) is 38.6 Å². The van der Waals surface area contributed by atoms with Crippen LogP contribution in [0.3, 0.4) is 0 Å². The molecule has 0 spiro atoms. The zero-order valence-corrected chi connectivity index (χ0v) is 12.3. The van der Waals surface area contributed by atoms with Crippen LogP contribution < -0.4 is 10.0 Å². The Morgan fingerprint density at radius 2 is 2.39 bits per heavy atom. The molecule has 2 rings (SSSR count). The van der Waals surface area contributed by atoms with Crippen LogP contribution in [0.25, 0.3) is 0 Å². The molecule has 1 aromatic rings. The number of thiazole rings is 1. The summed E-state index contributed by atoms with van der Waals surface area (Å²) in [5.41, 5.74) is 0.927. The Balaban J connectivity index is 1.97. The van der Waals surface area contributed by atoms with E-state index in [9.17, 15) is 8.42 Å². The van der Waals surface area contributed by atoms with Gasteiger partial charge in [-0.2, -0.15) is 0 Å². The number of nitrogens with zero attached hydrogens (tertiary/aromatic N) is 1. The van der Waals surface area contributed by atoms with Gasteiger partial charge in [-0.1, -0.05) is 13.8 Å². The van der Waals surface area contributed by atoms with E-state index in [2.05, 4.69) is 15.0 Å². The van der Waals surface area contributed by atoms with Crippen LogP contribution in [0.1, 0.15) is 38.3 Å². The van der Waals surface area contributed by atoms with E-state index in [1.54, 1.807) is 0 Å². The van der Waals surface area contributed by atoms with E-state index in [0.29, 0.717) is 11.0 Å². The van der Waals surface area contributed by atoms with Gasteiger partial charge in [-0.25, -0.2) is 13.4 Å². The minimum Gasteiger partial charge on any atom is -0.313 e. The molecule has 7 heteroatoms. The Morgan fingerprint density at radius 1 is 1.61 bits per heavy atom. The van der Waals surface area contributed by atoms with Crippen molar-refractivity contribution in [2.75, 3.05) is 17.0 Å². The van der Waals surface area contributed by atoms with Gasteiger partial charge in [0, 0.05) is 11.4 Å². The van der Waals surface area contributed by atoms with Gasteiger partial charge in [-0.3, -0.25) is 4.72 Å². The third-order valence-electron chi connectivity index (χ3n) is 2.94. The van der Waals surface area contributed by atoms with E-state index < -0.39 is 10.0 Å². The maximum atomic E-state index is 12.0. The van der Waals surface area contributed by atoms with Crippen LogP contribution in [0.15, 0.2) is 5.38 Å². The van der Waals surface area contributed by atoms with Crippen molar-refractivity contribution >= 4 is 26.5 Å². The van der Waals surface area contributed by atoms with Gasteiger partial charge in [0.1, 0.15) is 0 Å². The first kappa shape index (κ1) is 13.8. The van der Waals surface area contributed by atoms with E-state index in [0.717, 1.165) is 25.1 Å². The normalized spacial score (nSPS) is 20.5. The fourth-order valence-electron chi connectivity index (χ4n) is 1.94. The molecule has 0 aromatic carbocycles. The van der Waals surface area contributed by atoms with Crippen LogP contribution >= 0.6 is 11.3 Å². The van der Waals surface area contributed by atoms with Crippen LogP contribution in [0, 0.1) is 0 Å². The molecule has 102 valence electrons. The number of anilines is 1. The predicted molar refractivity (Wildman–Crippen MR) is 74.6 cm³/mol. The summed E-state index contributed by atoms with van der Waals surface area (Å²) in [6.45, 7) is 4.99. The predicted octanol–water partition coefficient (Wildman–Crippen LogP) is 1.76. The fourth-order valence-corrected chi connectivity index (χ4v) is 4.43. The smallest absolute Gasteiger partial charge is 0.236 e. The number of sulfonamides is 1. The maximum Gasteiger partial charge on any atom is 0.236 e. The molecule has 1 fully saturated rings. The zero-order chi connectivity index (χ0) is 13.2. The van der Waals surface area contributed by atoms with Crippen molar-refractivity contribution in [3.63, 3.8) is 0 Å². The standard InChI is InChI=1S/C11H19N3O2S2/c1-8(2)10-6-17-11(13-10)14-18(15,16)7-9-4-3-5-12-9/h6,8-9,12H,3-5,7H2,1-2H3,(H,13,14). The van der Waals surface area contributed by atoms with Crippen LogP contribution in [0.2, 0.25) is 0 Å². The van der Waals surface area contributed by atoms with Gasteiger partial charge in [-0.05, 0) is 25.3 Å². The summed E-state index contributed by atoms with van der Waals surface area (Å²) in [5.74, 6) is 0.444. The third-order valence-corrected chi connectivity index (χ3v) is 5.19. The molecule has 18 heavy (non-hydrogen) atoms. The average Bonchev–Trinajstić information content (AvgIpc) is 2.87. The summed E-state index contributed by atoms with van der Waals surface area (Å²) >= 11 is 1.34. The van der Waals surface area contributed by atoms with Crippen molar-refractivity contribution in [1.29, 1.82) is 0 Å². The van der Waals surface area contributed by atoms with Gasteiger partial charge in [-0.15, -0.1) is 11.3 Å². The minimum absolute atomic E-state index is 0.0760. The minimum atomic E-state index is -3.30. The molecule has 2 heterocycles. The van der Waals surface area contributed by atoms with Crippen molar-refractivity contribution in [3.05, 3.63) is 11.1 Å². The van der Waals surface area contributed by atoms with Gasteiger partial charge in [0.15, 0.2) is 5.13 Å². The first-order chi connectivity index (χ1) is 8.46. The van der Waals surface area contributed by atoms with Crippen LogP contribution in [0.4, 0.5) is 5.13 Å². The van der Waals surface area contributed by atoms with Gasteiger partial charge in [0.05, 0.1) is 11.4 Å². The highest BCUT2D eigenvalue weighted by Gasteiger charge is 2.22. The second-order valence-electron chi connectivity index (χ2n) is 4.91. The quantitative estimate of drug-likeness (QED) is 0.866. The maximum absolute atomic E-state index is 12.0. The highest BCUT2D eigenvalue weighted by atomic mass is 32.2. The van der Waals surface area contributed by atoms with Crippen LogP contribution in [-0.2, 0) is 10.0 Å². The van der Waals surface area contributed by atoms with E-state index in [1.165, 1.54) is 11.3 Å². The Kier molecular flexibility index (Phi) is 4.24. The first-order valence-electron chi connectivity index (χ1n) is 6.15. The molecule has 1 aliphatic heterocycles. The Hall–Kier alpha value is -0.660. The van der Waals surface area contributed by atoms with E-state index in [1.807, 2.05) is 19.2 Å². The SMILES string of the molecule is CC(C)c1csc(NS(=O)(=O)CC2CCCN2)n1. The van der Waals surface area contributed by atoms with Gasteiger partial charge < -0.3 is 5.32 Å². The summed E-state index contributed by atoms with van der Waals surface area (Å²) in [7, 11) is -3.30. The molecular weight excluding hydrogens is 270 g/mol. The fraction of sp³-hybridized carbons (Fsp3) is 0.727. The second-order valence-corrected chi connectivity index (χ2v) is 7.53. The molecule has 0 radical (unpaired) electrons. The molecule has 1 aromatic heterocycles. The summed E-state index contributed by atoms with van der Waals surface area (Å²) in [4.78, 5) is 4.28. The van der Waals surface area contributed by atoms with Crippen molar-refractivity contribution in [3.8, 4) is 0 Å². The number of rotatable bonds is 5. The van der Waals surface area contributed by atoms with Gasteiger partial charge in [0.25, 0.3) is 0 Å². The van der Waals surface area contributed by atoms with E-state index >= 15 is 0 Å². The molecule has 0 bridgehead atoms. The lowest BCUT2D eigenvalue weighted by Crippen LogP contribution is -2.32. The summed E-state index contributed by atoms with van der Waals surface area (Å²) in [6.07, 6.45) is 1.98. The summed E-state index contributed by atoms with van der Waals surface area (Å²) in [6, 6.07) is 0.0760. The molecule has 2 N–H and O–H groups in total. The molecule has 0 aliphatic carbocycles. The summed E-state index contributed by atoms with van der Waals surface area (Å²) in [5, 5.41) is 5.55. The average molecular weight is 289 g/mol. The molecule has 0 saturated carbocycles. The second kappa shape index (κ2) is 5.54. The van der Waals surface area contributed by atoms with E-state index in [4.69, 9.17) is 0 Å². The molecule has 5 nitrogen and oxygen atoms in total. The third kappa shape index (κ3) is 3.66. The number of nitrogens with one attached hydrogen (secondary N) is 2. The highest BCUT2D eigenvalue weighted by molar-refractivity contribution is 7.92. The van der Waals surface area contributed by atoms with Gasteiger partial charge in [0.2, 0.25) is 10.0 Å². The summed E-state index contributed by atoms with van der Waals surface area (Å²) < 4.78 is 26.5. The Bertz CT molecular complexity index is 490. The Labute approximate surface area is 112 Å².